The van der Waals surface area contributed by atoms with E-state index in [0.29, 0.717) is 18.6 Å². The number of hydrogen-bond acceptors (Lipinski definition) is 3. The van der Waals surface area contributed by atoms with Crippen molar-refractivity contribution in [1.29, 1.82) is 0 Å². The maximum atomic E-state index is 5.41. The fourth-order valence-electron chi connectivity index (χ4n) is 1.97. The Bertz CT molecular complexity index is 270. The van der Waals surface area contributed by atoms with Crippen LogP contribution < -0.4 is 16.8 Å². The molecule has 2 rings (SSSR count). The van der Waals surface area contributed by atoms with Gasteiger partial charge >= 0.3 is 25.0 Å². The zero-order valence-corrected chi connectivity index (χ0v) is 14.2. The van der Waals surface area contributed by atoms with Crippen molar-refractivity contribution in [3.63, 3.8) is 0 Å². The molecule has 0 saturated carbocycles. The first-order chi connectivity index (χ1) is 10.4. The second-order valence-corrected chi connectivity index (χ2v) is 4.73. The number of nitrogens with two attached hydrogens (primary N) is 2. The summed E-state index contributed by atoms with van der Waals surface area (Å²) in [6.45, 7) is 4.23. The molecule has 0 bridgehead atoms. The maximum absolute atomic E-state index is 5.41. The van der Waals surface area contributed by atoms with Gasteiger partial charge in [-0.2, -0.15) is 6.20 Å². The summed E-state index contributed by atoms with van der Waals surface area (Å²) in [5.41, 5.74) is 10.7. The second kappa shape index (κ2) is 16.3. The van der Waals surface area contributed by atoms with E-state index >= 15 is 0 Å². The Morgan fingerprint density at radius 1 is 1.24 bits per heavy atom. The van der Waals surface area contributed by atoms with Crippen LogP contribution in [0.4, 0.5) is 0 Å². The third-order valence-electron chi connectivity index (χ3n) is 3.09. The van der Waals surface area contributed by atoms with Crippen molar-refractivity contribution in [2.45, 2.75) is 31.3 Å². The third-order valence-corrected chi connectivity index (χ3v) is 3.09. The van der Waals surface area contributed by atoms with Gasteiger partial charge in [-0.3, -0.25) is 0 Å². The Morgan fingerprint density at radius 3 is 2.52 bits per heavy atom. The number of rotatable bonds is 5. The summed E-state index contributed by atoms with van der Waals surface area (Å²) in [6, 6.07) is 0.787. The molecule has 21 heavy (non-hydrogen) atoms. The normalized spacial score (nSPS) is 23.2. The van der Waals surface area contributed by atoms with Gasteiger partial charge in [0.05, 0.1) is 0 Å². The molecule has 0 radical (unpaired) electrons. The van der Waals surface area contributed by atoms with Gasteiger partial charge in [-0.05, 0) is 13.1 Å². The van der Waals surface area contributed by atoms with E-state index in [9.17, 15) is 0 Å². The Balaban J connectivity index is 0.000000354. The Morgan fingerprint density at radius 2 is 2.05 bits per heavy atom. The average Bonchev–Trinajstić information content (AvgIpc) is 2.59. The number of nitrogens with one attached hydrogen (secondary N) is 1. The van der Waals surface area contributed by atoms with Crippen molar-refractivity contribution in [1.82, 2.24) is 5.32 Å². The van der Waals surface area contributed by atoms with Gasteiger partial charge in [0.15, 0.2) is 0 Å². The molecule has 1 fully saturated rings. The van der Waals surface area contributed by atoms with Crippen LogP contribution >= 0.6 is 10.1 Å². The van der Waals surface area contributed by atoms with Crippen molar-refractivity contribution in [3.8, 4) is 0 Å². The van der Waals surface area contributed by atoms with Gasteiger partial charge in [-0.25, -0.2) is 0 Å². The van der Waals surface area contributed by atoms with Crippen LogP contribution in [0, 0.1) is 0 Å². The van der Waals surface area contributed by atoms with E-state index in [1.807, 2.05) is 18.4 Å². The summed E-state index contributed by atoms with van der Waals surface area (Å²) in [7, 11) is 4.33. The number of piperidine rings is 1. The van der Waals surface area contributed by atoms with E-state index in [0.717, 1.165) is 26.2 Å². The molecular formula is C14H27ClCoN5. The molecule has 2 atom stereocenters. The quantitative estimate of drug-likeness (QED) is 0.655. The zero-order valence-electron chi connectivity index (χ0n) is 12.4. The van der Waals surface area contributed by atoms with E-state index in [-0.39, 0.29) is 0 Å². The summed E-state index contributed by atoms with van der Waals surface area (Å²) in [5.74, 6) is 0. The molecule has 0 amide bonds. The molecule has 2 aliphatic heterocycles. The van der Waals surface area contributed by atoms with Crippen molar-refractivity contribution in [2.24, 2.45) is 11.5 Å². The minimum atomic E-state index is 0.298. The summed E-state index contributed by atoms with van der Waals surface area (Å²) in [5, 5.41) is 11.8. The van der Waals surface area contributed by atoms with Gasteiger partial charge in [0.25, 0.3) is 0 Å². The molecule has 2 unspecified atom stereocenters. The van der Waals surface area contributed by atoms with E-state index in [2.05, 4.69) is 47.0 Å². The summed E-state index contributed by atoms with van der Waals surface area (Å²) >= 11 is 3.03. The van der Waals surface area contributed by atoms with Crippen molar-refractivity contribution in [2.75, 3.05) is 32.7 Å². The first kappa shape index (κ1) is 20.9. The van der Waals surface area contributed by atoms with Crippen LogP contribution in [0.15, 0.2) is 24.4 Å². The first-order valence-electron chi connectivity index (χ1n) is 7.30. The summed E-state index contributed by atoms with van der Waals surface area (Å²) in [6.07, 6.45) is 11.7. The zero-order chi connectivity index (χ0) is 15.8. The van der Waals surface area contributed by atoms with Crippen LogP contribution in [-0.2, 0) is 14.8 Å². The number of halogens is 1. The molecule has 7 heteroatoms. The molecule has 124 valence electrons. The van der Waals surface area contributed by atoms with Crippen LogP contribution in [0.2, 0.25) is 0 Å². The van der Waals surface area contributed by atoms with Crippen LogP contribution in [-0.4, -0.2) is 44.8 Å². The van der Waals surface area contributed by atoms with E-state index < -0.39 is 0 Å². The third kappa shape index (κ3) is 12.2. The molecule has 5 nitrogen and oxygen atoms in total. The van der Waals surface area contributed by atoms with E-state index in [1.54, 1.807) is 0 Å². The molecule has 0 spiro atoms. The molecule has 2 heterocycles. The fourth-order valence-corrected chi connectivity index (χ4v) is 1.97. The SMILES string of the molecule is NCC1CCCC[N-]1.NCCNCC1C=CC=C[N-]1.[Cl][Co+2]. The Kier molecular flexibility index (Phi) is 16.2. The molecule has 5 N–H and O–H groups in total. The first-order valence-corrected chi connectivity index (χ1v) is 8.73. The average molecular weight is 360 g/mol. The predicted octanol–water partition coefficient (Wildman–Crippen LogP) is 1.92. The second-order valence-electron chi connectivity index (χ2n) is 4.73. The van der Waals surface area contributed by atoms with Crippen LogP contribution in [0.1, 0.15) is 19.3 Å². The number of hydrogen-bond donors (Lipinski definition) is 3. The van der Waals surface area contributed by atoms with E-state index in [4.69, 9.17) is 11.5 Å². The molecule has 2 aliphatic rings. The number of allylic oxidation sites excluding steroid dienone is 2. The van der Waals surface area contributed by atoms with Gasteiger partial charge < -0.3 is 27.4 Å². The number of nitrogens with zero attached hydrogens (tertiary/aromatic N) is 2. The van der Waals surface area contributed by atoms with Crippen LogP contribution in [0.5, 0.6) is 0 Å². The molecule has 0 aromatic rings. The van der Waals surface area contributed by atoms with Gasteiger partial charge in [0, 0.05) is 13.1 Å². The summed E-state index contributed by atoms with van der Waals surface area (Å²) < 4.78 is 0. The van der Waals surface area contributed by atoms with Crippen LogP contribution in [0.3, 0.4) is 0 Å². The van der Waals surface area contributed by atoms with E-state index in [1.165, 1.54) is 19.3 Å². The van der Waals surface area contributed by atoms with Crippen molar-refractivity contribution >= 4 is 10.1 Å². The molecule has 0 aromatic heterocycles. The molecule has 0 aromatic carbocycles. The monoisotopic (exact) mass is 359 g/mol. The summed E-state index contributed by atoms with van der Waals surface area (Å²) in [4.78, 5) is 0. The van der Waals surface area contributed by atoms with Crippen molar-refractivity contribution < 1.29 is 14.8 Å². The Labute approximate surface area is 141 Å². The van der Waals surface area contributed by atoms with Gasteiger partial charge in [-0.15, -0.1) is 12.6 Å². The van der Waals surface area contributed by atoms with Gasteiger partial charge in [0.2, 0.25) is 0 Å². The Hall–Kier alpha value is -0.0835. The fraction of sp³-hybridized carbons (Fsp3) is 0.714. The minimum absolute atomic E-state index is 0.298. The van der Waals surface area contributed by atoms with Crippen molar-refractivity contribution in [3.05, 3.63) is 35.1 Å². The predicted molar refractivity (Wildman–Crippen MR) is 88.1 cm³/mol. The molecule has 0 aliphatic carbocycles. The van der Waals surface area contributed by atoms with Crippen LogP contribution in [0.25, 0.3) is 10.6 Å². The molecular weight excluding hydrogens is 333 g/mol. The van der Waals surface area contributed by atoms with Gasteiger partial charge in [-0.1, -0.05) is 43.5 Å². The standard InChI is InChI=1S/C8H14N3.C6H13N2.ClH.Co/c9-4-6-10-7-8-3-1-2-5-11-8;7-5-6-3-1-2-4-8-6;;/h1-3,5,8,10H,4,6-7,9H2;6H,1-5,7H2;1H;/q2*-1;;+3/p-1. The van der Waals surface area contributed by atoms with Gasteiger partial charge in [0.1, 0.15) is 0 Å². The topological polar surface area (TPSA) is 92.3 Å². The molecule has 1 saturated heterocycles.